The molecule has 4 N–H and O–H groups in total. The van der Waals surface area contributed by atoms with Gasteiger partial charge in [-0.1, -0.05) is 18.2 Å². The smallest absolute Gasteiger partial charge is 0.118 e. The van der Waals surface area contributed by atoms with Crippen LogP contribution in [-0.2, 0) is 0 Å². The Bertz CT molecular complexity index is 481. The number of aromatic nitrogens is 4. The molecule has 3 aromatic rings. The number of anilines is 1. The lowest BCUT2D eigenvalue weighted by atomic mass is 10.3. The summed E-state index contributed by atoms with van der Waals surface area (Å²) in [7, 11) is 0. The molecule has 76 valence electrons. The summed E-state index contributed by atoms with van der Waals surface area (Å²) in [5, 5.41) is 14.0. The van der Waals surface area contributed by atoms with Crippen molar-refractivity contribution < 1.29 is 0 Å². The van der Waals surface area contributed by atoms with Gasteiger partial charge in [-0.2, -0.15) is 10.2 Å². The Morgan fingerprint density at radius 1 is 1.00 bits per heavy atom. The van der Waals surface area contributed by atoms with Crippen LogP contribution in [0.1, 0.15) is 0 Å². The first-order chi connectivity index (χ1) is 7.36. The summed E-state index contributed by atoms with van der Waals surface area (Å²) in [4.78, 5) is 0. The number of nitrogens with one attached hydrogen (secondary N) is 2. The third kappa shape index (κ3) is 2.34. The number of benzene rings is 1. The van der Waals surface area contributed by atoms with E-state index in [0.717, 1.165) is 10.9 Å². The van der Waals surface area contributed by atoms with Crippen LogP contribution in [0.25, 0.3) is 10.9 Å². The van der Waals surface area contributed by atoms with Crippen molar-refractivity contribution in [3.63, 3.8) is 0 Å². The third-order valence-corrected chi connectivity index (χ3v) is 1.87. The number of nitrogen functional groups attached to an aromatic ring is 1. The van der Waals surface area contributed by atoms with E-state index < -0.39 is 0 Å². The molecule has 0 bridgehead atoms. The van der Waals surface area contributed by atoms with Gasteiger partial charge < -0.3 is 5.73 Å². The van der Waals surface area contributed by atoms with Crippen molar-refractivity contribution in [3.8, 4) is 0 Å². The maximum Gasteiger partial charge on any atom is 0.118 e. The maximum absolute atomic E-state index is 5.16. The van der Waals surface area contributed by atoms with Gasteiger partial charge in [0, 0.05) is 5.39 Å². The number of hydrogen-bond acceptors (Lipinski definition) is 3. The standard InChI is InChI=1S/C7H6N2.C3H5N3/c1-2-4-7-6(3-1)5-8-9-7;4-3-1-2-5-6-3/h1-5H,(H,8,9);1-2H,(H3,4,5,6). The van der Waals surface area contributed by atoms with Crippen LogP contribution in [0.4, 0.5) is 5.82 Å². The molecular formula is C10H11N5. The molecular weight excluding hydrogens is 190 g/mol. The summed E-state index contributed by atoms with van der Waals surface area (Å²) in [6.45, 7) is 0. The molecule has 0 aliphatic heterocycles. The van der Waals surface area contributed by atoms with E-state index in [4.69, 9.17) is 5.73 Å². The molecule has 3 rings (SSSR count). The van der Waals surface area contributed by atoms with Crippen molar-refractivity contribution in [2.24, 2.45) is 0 Å². The average Bonchev–Trinajstić information content (AvgIpc) is 2.88. The van der Waals surface area contributed by atoms with E-state index in [1.807, 2.05) is 30.5 Å². The van der Waals surface area contributed by atoms with Gasteiger partial charge in [0.25, 0.3) is 0 Å². The van der Waals surface area contributed by atoms with E-state index in [1.165, 1.54) is 0 Å². The zero-order valence-electron chi connectivity index (χ0n) is 8.01. The summed E-state index contributed by atoms with van der Waals surface area (Å²) in [6.07, 6.45) is 3.42. The van der Waals surface area contributed by atoms with Crippen LogP contribution in [0.2, 0.25) is 0 Å². The Morgan fingerprint density at radius 3 is 2.47 bits per heavy atom. The van der Waals surface area contributed by atoms with E-state index in [-0.39, 0.29) is 0 Å². The molecule has 5 heteroatoms. The molecule has 2 heterocycles. The van der Waals surface area contributed by atoms with Crippen LogP contribution >= 0.6 is 0 Å². The zero-order chi connectivity index (χ0) is 10.5. The molecule has 0 amide bonds. The van der Waals surface area contributed by atoms with Crippen LogP contribution < -0.4 is 5.73 Å². The van der Waals surface area contributed by atoms with Gasteiger partial charge >= 0.3 is 0 Å². The predicted octanol–water partition coefficient (Wildman–Crippen LogP) is 1.55. The molecule has 2 aromatic heterocycles. The van der Waals surface area contributed by atoms with Gasteiger partial charge in [0.15, 0.2) is 0 Å². The zero-order valence-corrected chi connectivity index (χ0v) is 8.01. The van der Waals surface area contributed by atoms with E-state index in [2.05, 4.69) is 20.4 Å². The fourth-order valence-electron chi connectivity index (χ4n) is 1.15. The fourth-order valence-corrected chi connectivity index (χ4v) is 1.15. The number of rotatable bonds is 0. The SMILES string of the molecule is Nc1ccn[nH]1.c1ccc2[nH]ncc2c1. The number of para-hydroxylation sites is 1. The van der Waals surface area contributed by atoms with Crippen LogP contribution in [-0.4, -0.2) is 20.4 Å². The highest BCUT2D eigenvalue weighted by Gasteiger charge is 1.88. The second-order valence-corrected chi connectivity index (χ2v) is 2.97. The Morgan fingerprint density at radius 2 is 1.87 bits per heavy atom. The van der Waals surface area contributed by atoms with Crippen molar-refractivity contribution in [1.29, 1.82) is 0 Å². The normalized spacial score (nSPS) is 9.60. The number of fused-ring (bicyclic) bond motifs is 1. The van der Waals surface area contributed by atoms with Gasteiger partial charge in [0.1, 0.15) is 5.82 Å². The van der Waals surface area contributed by atoms with Crippen LogP contribution in [0, 0.1) is 0 Å². The van der Waals surface area contributed by atoms with Gasteiger partial charge in [-0.15, -0.1) is 0 Å². The number of aromatic amines is 2. The van der Waals surface area contributed by atoms with E-state index in [0.29, 0.717) is 5.82 Å². The summed E-state index contributed by atoms with van der Waals surface area (Å²) < 4.78 is 0. The summed E-state index contributed by atoms with van der Waals surface area (Å²) in [6, 6.07) is 9.71. The minimum Gasteiger partial charge on any atom is -0.384 e. The lowest BCUT2D eigenvalue weighted by Gasteiger charge is -1.81. The lowest BCUT2D eigenvalue weighted by Crippen LogP contribution is -1.81. The number of nitrogens with two attached hydrogens (primary N) is 1. The van der Waals surface area contributed by atoms with Gasteiger partial charge in [-0.3, -0.25) is 10.2 Å². The largest absolute Gasteiger partial charge is 0.384 e. The monoisotopic (exact) mass is 201 g/mol. The maximum atomic E-state index is 5.16. The molecule has 0 fully saturated rings. The quantitative estimate of drug-likeness (QED) is 0.516. The summed E-state index contributed by atoms with van der Waals surface area (Å²) in [5.41, 5.74) is 6.25. The minimum absolute atomic E-state index is 0.606. The van der Waals surface area contributed by atoms with Crippen molar-refractivity contribution in [2.45, 2.75) is 0 Å². The Hall–Kier alpha value is -2.30. The minimum atomic E-state index is 0.606. The molecule has 0 unspecified atom stereocenters. The third-order valence-electron chi connectivity index (χ3n) is 1.87. The van der Waals surface area contributed by atoms with Crippen LogP contribution in [0.15, 0.2) is 42.7 Å². The highest BCUT2D eigenvalue weighted by atomic mass is 15.1. The molecule has 0 aliphatic carbocycles. The second kappa shape index (κ2) is 4.28. The lowest BCUT2D eigenvalue weighted by molar-refractivity contribution is 1.10. The number of H-pyrrole nitrogens is 2. The predicted molar refractivity (Wildman–Crippen MR) is 59.1 cm³/mol. The Balaban J connectivity index is 0.000000124. The molecule has 0 radical (unpaired) electrons. The fraction of sp³-hybridized carbons (Fsp3) is 0. The molecule has 5 nitrogen and oxygen atoms in total. The molecule has 0 spiro atoms. The van der Waals surface area contributed by atoms with Crippen molar-refractivity contribution >= 4 is 16.7 Å². The van der Waals surface area contributed by atoms with Gasteiger partial charge in [0.05, 0.1) is 17.9 Å². The Labute approximate surface area is 86.3 Å². The highest BCUT2D eigenvalue weighted by molar-refractivity contribution is 5.77. The Kier molecular flexibility index (Phi) is 2.64. The highest BCUT2D eigenvalue weighted by Crippen LogP contribution is 2.06. The van der Waals surface area contributed by atoms with E-state index >= 15 is 0 Å². The van der Waals surface area contributed by atoms with Gasteiger partial charge in [-0.25, -0.2) is 0 Å². The van der Waals surface area contributed by atoms with Crippen LogP contribution in [0.3, 0.4) is 0 Å². The summed E-state index contributed by atoms with van der Waals surface area (Å²) in [5.74, 6) is 0.606. The first-order valence-corrected chi connectivity index (χ1v) is 4.49. The first kappa shape index (κ1) is 9.26. The molecule has 0 saturated carbocycles. The number of nitrogens with zero attached hydrogens (tertiary/aromatic N) is 2. The number of hydrogen-bond donors (Lipinski definition) is 3. The molecule has 1 aromatic carbocycles. The van der Waals surface area contributed by atoms with Gasteiger partial charge in [-0.05, 0) is 12.1 Å². The topological polar surface area (TPSA) is 83.4 Å². The molecule has 0 atom stereocenters. The van der Waals surface area contributed by atoms with E-state index in [1.54, 1.807) is 12.3 Å². The first-order valence-electron chi connectivity index (χ1n) is 4.49. The molecule has 0 saturated heterocycles. The molecule has 15 heavy (non-hydrogen) atoms. The van der Waals surface area contributed by atoms with Crippen molar-refractivity contribution in [3.05, 3.63) is 42.7 Å². The van der Waals surface area contributed by atoms with Gasteiger partial charge in [0.2, 0.25) is 0 Å². The van der Waals surface area contributed by atoms with Crippen LogP contribution in [0.5, 0.6) is 0 Å². The second-order valence-electron chi connectivity index (χ2n) is 2.97. The average molecular weight is 201 g/mol. The van der Waals surface area contributed by atoms with Crippen molar-refractivity contribution in [2.75, 3.05) is 5.73 Å². The molecule has 0 aliphatic rings. The summed E-state index contributed by atoms with van der Waals surface area (Å²) >= 11 is 0. The van der Waals surface area contributed by atoms with E-state index in [9.17, 15) is 0 Å². The van der Waals surface area contributed by atoms with Crippen molar-refractivity contribution in [1.82, 2.24) is 20.4 Å².